The second-order valence-corrected chi connectivity index (χ2v) is 2.45. The minimum Gasteiger partial charge on any atom is -0.379 e. The molecule has 0 fully saturated rings. The van der Waals surface area contributed by atoms with Crippen molar-refractivity contribution in [2.45, 2.75) is 0 Å². The number of nitrogens with zero attached hydrogens (tertiary/aromatic N) is 2. The molecule has 1 rings (SSSR count). The third-order valence-electron chi connectivity index (χ3n) is 1.50. The molecule has 14 heavy (non-hydrogen) atoms. The maximum atomic E-state index is 5.54. The number of hydrogen-bond acceptors (Lipinski definition) is 4. The largest absolute Gasteiger partial charge is 0.379 e. The van der Waals surface area contributed by atoms with Gasteiger partial charge in [0.15, 0.2) is 11.5 Å². The highest BCUT2D eigenvalue weighted by molar-refractivity contribution is 5.77. The summed E-state index contributed by atoms with van der Waals surface area (Å²) in [5, 5.41) is 7.16. The molecule has 0 aliphatic rings. The third kappa shape index (κ3) is 2.20. The summed E-state index contributed by atoms with van der Waals surface area (Å²) in [5.41, 5.74) is 6.82. The molecule has 4 nitrogen and oxygen atoms in total. The quantitative estimate of drug-likeness (QED) is 0.735. The molecule has 1 aromatic rings. The fraction of sp³-hybridized carbons (Fsp3) is 0. The van der Waals surface area contributed by atoms with Gasteiger partial charge < -0.3 is 5.73 Å². The highest BCUT2D eigenvalue weighted by Crippen LogP contribution is 2.18. The van der Waals surface area contributed by atoms with Crippen LogP contribution in [0.15, 0.2) is 48.2 Å². The van der Waals surface area contributed by atoms with E-state index in [0.29, 0.717) is 5.69 Å². The first-order valence-electron chi connectivity index (χ1n) is 3.99. The lowest BCUT2D eigenvalue weighted by atomic mass is 10.1. The van der Waals surface area contributed by atoms with Crippen molar-refractivity contribution in [3.05, 3.63) is 49.2 Å². The zero-order valence-corrected chi connectivity index (χ0v) is 7.68. The molecule has 0 aliphatic carbocycles. The van der Waals surface area contributed by atoms with E-state index in [1.165, 1.54) is 0 Å². The van der Waals surface area contributed by atoms with E-state index in [-0.39, 0.29) is 5.82 Å². The Balaban J connectivity index is 3.06. The van der Waals surface area contributed by atoms with E-state index in [2.05, 4.69) is 28.1 Å². The molecule has 0 radical (unpaired) electrons. The average molecular weight is 189 g/mol. The van der Waals surface area contributed by atoms with Crippen LogP contribution >= 0.6 is 0 Å². The molecule has 0 aromatic carbocycles. The first-order valence-corrected chi connectivity index (χ1v) is 3.99. The van der Waals surface area contributed by atoms with Gasteiger partial charge in [0.05, 0.1) is 0 Å². The van der Waals surface area contributed by atoms with Crippen molar-refractivity contribution in [2.24, 2.45) is 0 Å². The summed E-state index contributed by atoms with van der Waals surface area (Å²) in [6.45, 7) is 7.16. The Hall–Kier alpha value is -2.10. The highest BCUT2D eigenvalue weighted by atomic mass is 16.6. The number of hydrogen-bond donors (Lipinski definition) is 1. The van der Waals surface area contributed by atoms with Crippen molar-refractivity contribution < 1.29 is 4.63 Å². The van der Waals surface area contributed by atoms with E-state index in [1.807, 2.05) is 0 Å². The molecule has 4 heteroatoms. The van der Waals surface area contributed by atoms with Gasteiger partial charge in [-0.05, 0) is 10.3 Å². The van der Waals surface area contributed by atoms with Crippen LogP contribution in [-0.2, 0) is 0 Å². The third-order valence-corrected chi connectivity index (χ3v) is 1.50. The molecule has 1 heterocycles. The minimum absolute atomic E-state index is 0.256. The van der Waals surface area contributed by atoms with Crippen LogP contribution in [0.5, 0.6) is 0 Å². The number of anilines is 1. The van der Waals surface area contributed by atoms with Gasteiger partial charge in [0.2, 0.25) is 0 Å². The van der Waals surface area contributed by atoms with Gasteiger partial charge in [-0.1, -0.05) is 43.5 Å². The molecule has 72 valence electrons. The van der Waals surface area contributed by atoms with Crippen molar-refractivity contribution >= 4 is 11.4 Å². The maximum absolute atomic E-state index is 5.54. The first-order chi connectivity index (χ1) is 6.79. The van der Waals surface area contributed by atoms with Crippen molar-refractivity contribution in [1.29, 1.82) is 0 Å². The zero-order chi connectivity index (χ0) is 10.4. The lowest BCUT2D eigenvalue weighted by Crippen LogP contribution is -1.90. The van der Waals surface area contributed by atoms with E-state index in [4.69, 9.17) is 5.73 Å². The molecule has 0 saturated carbocycles. The summed E-state index contributed by atoms with van der Waals surface area (Å²) in [4.78, 5) is 0. The van der Waals surface area contributed by atoms with Gasteiger partial charge in [-0.25, -0.2) is 4.63 Å². The van der Waals surface area contributed by atoms with Crippen LogP contribution in [0.1, 0.15) is 5.69 Å². The van der Waals surface area contributed by atoms with Gasteiger partial charge in [0, 0.05) is 5.57 Å². The van der Waals surface area contributed by atoms with Crippen LogP contribution in [0, 0.1) is 0 Å². The summed E-state index contributed by atoms with van der Waals surface area (Å²) in [6, 6.07) is 0. The monoisotopic (exact) mass is 189 g/mol. The van der Waals surface area contributed by atoms with E-state index >= 15 is 0 Å². The molecular formula is C10H11N3O. The Labute approximate surface area is 82.1 Å². The second kappa shape index (κ2) is 4.81. The van der Waals surface area contributed by atoms with Crippen LogP contribution < -0.4 is 5.73 Å². The van der Waals surface area contributed by atoms with Gasteiger partial charge in [-0.15, -0.1) is 0 Å². The number of nitrogen functional groups attached to an aromatic ring is 1. The standard InChI is InChI=1S/C10H11N3O/c1-3-5-7-8(6-4-2)9-10(11)13-14-12-9/h3-7H,1-2H2,(H2,11,13). The fourth-order valence-corrected chi connectivity index (χ4v) is 0.908. The van der Waals surface area contributed by atoms with Gasteiger partial charge in [0.25, 0.3) is 0 Å². The molecule has 0 bridgehead atoms. The number of rotatable bonds is 4. The van der Waals surface area contributed by atoms with Crippen molar-refractivity contribution in [3.63, 3.8) is 0 Å². The predicted molar refractivity (Wildman–Crippen MR) is 56.2 cm³/mol. The molecule has 0 saturated heterocycles. The summed E-state index contributed by atoms with van der Waals surface area (Å²) in [7, 11) is 0. The Kier molecular flexibility index (Phi) is 3.43. The lowest BCUT2D eigenvalue weighted by molar-refractivity contribution is 0.308. The Morgan fingerprint density at radius 3 is 2.57 bits per heavy atom. The van der Waals surface area contributed by atoms with Crippen molar-refractivity contribution in [2.75, 3.05) is 5.73 Å². The molecular weight excluding hydrogens is 178 g/mol. The second-order valence-electron chi connectivity index (χ2n) is 2.45. The van der Waals surface area contributed by atoms with Gasteiger partial charge in [-0.3, -0.25) is 0 Å². The summed E-state index contributed by atoms with van der Waals surface area (Å²) in [5.74, 6) is 0.256. The molecule has 0 aliphatic heterocycles. The zero-order valence-electron chi connectivity index (χ0n) is 7.68. The van der Waals surface area contributed by atoms with Crippen LogP contribution in [0.3, 0.4) is 0 Å². The Morgan fingerprint density at radius 2 is 2.07 bits per heavy atom. The van der Waals surface area contributed by atoms with Gasteiger partial charge >= 0.3 is 0 Å². The SMILES string of the molecule is C=CC=CC(=CC=C)c1nonc1N. The van der Waals surface area contributed by atoms with E-state index in [1.54, 1.807) is 30.4 Å². The van der Waals surface area contributed by atoms with Crippen LogP contribution in [0.2, 0.25) is 0 Å². The molecule has 0 amide bonds. The molecule has 0 unspecified atom stereocenters. The lowest BCUT2D eigenvalue weighted by Gasteiger charge is -1.94. The normalized spacial score (nSPS) is 11.9. The predicted octanol–water partition coefficient (Wildman–Crippen LogP) is 1.96. The highest BCUT2D eigenvalue weighted by Gasteiger charge is 2.08. The van der Waals surface area contributed by atoms with E-state index < -0.39 is 0 Å². The fourth-order valence-electron chi connectivity index (χ4n) is 0.908. The van der Waals surface area contributed by atoms with Crippen LogP contribution in [-0.4, -0.2) is 10.3 Å². The number of aromatic nitrogens is 2. The topological polar surface area (TPSA) is 64.9 Å². The number of nitrogens with two attached hydrogens (primary N) is 1. The Morgan fingerprint density at radius 1 is 1.29 bits per heavy atom. The Bertz CT molecular complexity index is 388. The van der Waals surface area contributed by atoms with Gasteiger partial charge in [0.1, 0.15) is 0 Å². The van der Waals surface area contributed by atoms with Gasteiger partial charge in [-0.2, -0.15) is 0 Å². The maximum Gasteiger partial charge on any atom is 0.196 e. The van der Waals surface area contributed by atoms with Crippen LogP contribution in [0.25, 0.3) is 5.57 Å². The average Bonchev–Trinajstić information content (AvgIpc) is 2.59. The van der Waals surface area contributed by atoms with Crippen molar-refractivity contribution in [1.82, 2.24) is 10.3 Å². The molecule has 0 spiro atoms. The molecule has 2 N–H and O–H groups in total. The number of allylic oxidation sites excluding steroid dienone is 6. The van der Waals surface area contributed by atoms with Crippen molar-refractivity contribution in [3.8, 4) is 0 Å². The molecule has 1 aromatic heterocycles. The first kappa shape index (κ1) is 9.98. The minimum atomic E-state index is 0.256. The molecule has 0 atom stereocenters. The van der Waals surface area contributed by atoms with E-state index in [9.17, 15) is 0 Å². The smallest absolute Gasteiger partial charge is 0.196 e. The summed E-state index contributed by atoms with van der Waals surface area (Å²) in [6.07, 6.45) is 8.61. The summed E-state index contributed by atoms with van der Waals surface area (Å²) < 4.78 is 4.49. The van der Waals surface area contributed by atoms with Crippen LogP contribution in [0.4, 0.5) is 5.82 Å². The van der Waals surface area contributed by atoms with E-state index in [0.717, 1.165) is 5.57 Å². The summed E-state index contributed by atoms with van der Waals surface area (Å²) >= 11 is 0.